The normalized spacial score (nSPS) is 13.0. The van der Waals surface area contributed by atoms with Crippen molar-refractivity contribution in [2.24, 2.45) is 5.41 Å². The molecule has 0 rings (SSSR count). The van der Waals surface area contributed by atoms with E-state index >= 15 is 0 Å². The number of aliphatic hydroxyl groups excluding tert-OH is 1. The summed E-state index contributed by atoms with van der Waals surface area (Å²) < 4.78 is 30.2. The number of ether oxygens (including phenoxy) is 1. The molecule has 0 unspecified atom stereocenters. The van der Waals surface area contributed by atoms with E-state index in [1.807, 2.05) is 13.8 Å². The van der Waals surface area contributed by atoms with Crippen LogP contribution in [0.15, 0.2) is 0 Å². The number of sulfonamides is 1. The average Bonchev–Trinajstić information content (AvgIpc) is 2.22. The van der Waals surface area contributed by atoms with E-state index in [4.69, 9.17) is 9.84 Å². The molecule has 6 heteroatoms. The van der Waals surface area contributed by atoms with E-state index in [-0.39, 0.29) is 24.4 Å². The third-order valence-corrected chi connectivity index (χ3v) is 3.63. The van der Waals surface area contributed by atoms with Crippen molar-refractivity contribution in [1.29, 1.82) is 0 Å². The van der Waals surface area contributed by atoms with Crippen molar-refractivity contribution < 1.29 is 18.3 Å². The molecular formula is C10H23NO4S. The Morgan fingerprint density at radius 2 is 2.00 bits per heavy atom. The topological polar surface area (TPSA) is 75.6 Å². The summed E-state index contributed by atoms with van der Waals surface area (Å²) in [7, 11) is -1.77. The maximum Gasteiger partial charge on any atom is 0.213 e. The molecule has 0 aliphatic heterocycles. The highest BCUT2D eigenvalue weighted by Gasteiger charge is 2.20. The first-order valence-corrected chi connectivity index (χ1v) is 7.05. The van der Waals surface area contributed by atoms with Crippen LogP contribution in [0.1, 0.15) is 26.7 Å². The summed E-state index contributed by atoms with van der Waals surface area (Å²) in [6, 6.07) is 0. The molecule has 16 heavy (non-hydrogen) atoms. The second kappa shape index (κ2) is 7.21. The molecule has 98 valence electrons. The lowest BCUT2D eigenvalue weighted by atomic mass is 9.88. The molecule has 2 N–H and O–H groups in total. The molecule has 0 fully saturated rings. The smallest absolute Gasteiger partial charge is 0.213 e. The molecule has 0 saturated carbocycles. The number of aliphatic hydroxyl groups is 1. The maximum atomic E-state index is 11.5. The van der Waals surface area contributed by atoms with Crippen molar-refractivity contribution in [2.45, 2.75) is 26.7 Å². The van der Waals surface area contributed by atoms with E-state index in [0.29, 0.717) is 13.0 Å². The summed E-state index contributed by atoms with van der Waals surface area (Å²) in [4.78, 5) is 0. The van der Waals surface area contributed by atoms with Gasteiger partial charge in [0, 0.05) is 20.3 Å². The minimum absolute atomic E-state index is 0.0143. The molecule has 0 atom stereocenters. The predicted octanol–water partition coefficient (Wildman–Crippen LogP) is 0.351. The Balaban J connectivity index is 4.02. The number of hydrogen-bond acceptors (Lipinski definition) is 4. The van der Waals surface area contributed by atoms with Gasteiger partial charge in [-0.1, -0.05) is 13.8 Å². The van der Waals surface area contributed by atoms with Gasteiger partial charge in [-0.25, -0.2) is 13.1 Å². The maximum absolute atomic E-state index is 11.5. The number of hydrogen-bond donors (Lipinski definition) is 2. The SMILES string of the molecule is COCCS(=O)(=O)NCC(C)(C)CCCO. The first-order valence-electron chi connectivity index (χ1n) is 5.40. The highest BCUT2D eigenvalue weighted by atomic mass is 32.2. The highest BCUT2D eigenvalue weighted by Crippen LogP contribution is 2.20. The quantitative estimate of drug-likeness (QED) is 0.622. The van der Waals surface area contributed by atoms with Gasteiger partial charge in [-0.2, -0.15) is 0 Å². The minimum atomic E-state index is -3.24. The van der Waals surface area contributed by atoms with Crippen molar-refractivity contribution in [2.75, 3.05) is 32.6 Å². The molecule has 0 aliphatic carbocycles. The van der Waals surface area contributed by atoms with Crippen LogP contribution in [0.5, 0.6) is 0 Å². The first-order chi connectivity index (χ1) is 7.33. The highest BCUT2D eigenvalue weighted by molar-refractivity contribution is 7.89. The van der Waals surface area contributed by atoms with Crippen LogP contribution in [0.4, 0.5) is 0 Å². The Hall–Kier alpha value is -0.170. The zero-order valence-electron chi connectivity index (χ0n) is 10.3. The van der Waals surface area contributed by atoms with E-state index in [1.54, 1.807) is 0 Å². The van der Waals surface area contributed by atoms with Crippen LogP contribution in [0.2, 0.25) is 0 Å². The van der Waals surface area contributed by atoms with Crippen LogP contribution in [-0.4, -0.2) is 46.1 Å². The fraction of sp³-hybridized carbons (Fsp3) is 1.00. The van der Waals surface area contributed by atoms with Gasteiger partial charge in [-0.15, -0.1) is 0 Å². The number of rotatable bonds is 9. The van der Waals surface area contributed by atoms with E-state index in [2.05, 4.69) is 4.72 Å². The van der Waals surface area contributed by atoms with Gasteiger partial charge in [0.2, 0.25) is 10.0 Å². The van der Waals surface area contributed by atoms with Crippen molar-refractivity contribution in [1.82, 2.24) is 4.72 Å². The van der Waals surface area contributed by atoms with Crippen LogP contribution in [0, 0.1) is 5.41 Å². The van der Waals surface area contributed by atoms with Gasteiger partial charge in [-0.05, 0) is 18.3 Å². The molecule has 0 aromatic heterocycles. The van der Waals surface area contributed by atoms with Gasteiger partial charge in [0.15, 0.2) is 0 Å². The van der Waals surface area contributed by atoms with Crippen molar-refractivity contribution in [3.05, 3.63) is 0 Å². The summed E-state index contributed by atoms with van der Waals surface area (Å²) in [5, 5.41) is 8.72. The predicted molar refractivity (Wildman–Crippen MR) is 63.8 cm³/mol. The van der Waals surface area contributed by atoms with Crippen molar-refractivity contribution >= 4 is 10.0 Å². The molecule has 0 saturated heterocycles. The molecule has 5 nitrogen and oxygen atoms in total. The lowest BCUT2D eigenvalue weighted by Crippen LogP contribution is -2.36. The van der Waals surface area contributed by atoms with Crippen LogP contribution < -0.4 is 4.72 Å². The Kier molecular flexibility index (Phi) is 7.14. The van der Waals surface area contributed by atoms with Crippen LogP contribution in [0.25, 0.3) is 0 Å². The molecule has 0 radical (unpaired) electrons. The first kappa shape index (κ1) is 15.8. The van der Waals surface area contributed by atoms with Crippen LogP contribution in [0.3, 0.4) is 0 Å². The zero-order valence-corrected chi connectivity index (χ0v) is 11.1. The molecule has 0 aromatic carbocycles. The average molecular weight is 253 g/mol. The fourth-order valence-corrected chi connectivity index (χ4v) is 2.36. The Labute approximate surface area is 98.2 Å². The monoisotopic (exact) mass is 253 g/mol. The number of nitrogens with one attached hydrogen (secondary N) is 1. The fourth-order valence-electron chi connectivity index (χ4n) is 1.22. The standard InChI is InChI=1S/C10H23NO4S/c1-10(2,5-4-6-12)9-11-16(13,14)8-7-15-3/h11-12H,4-9H2,1-3H3. The molecule has 0 spiro atoms. The number of methoxy groups -OCH3 is 1. The van der Waals surface area contributed by atoms with E-state index < -0.39 is 10.0 Å². The van der Waals surface area contributed by atoms with Gasteiger partial charge in [0.25, 0.3) is 0 Å². The van der Waals surface area contributed by atoms with Gasteiger partial charge in [-0.3, -0.25) is 0 Å². The van der Waals surface area contributed by atoms with Crippen LogP contribution >= 0.6 is 0 Å². The van der Waals surface area contributed by atoms with E-state index in [1.165, 1.54) is 7.11 Å². The van der Waals surface area contributed by atoms with Gasteiger partial charge < -0.3 is 9.84 Å². The second-order valence-electron chi connectivity index (χ2n) is 4.62. The summed E-state index contributed by atoms with van der Waals surface area (Å²) in [5.74, 6) is -0.0143. The largest absolute Gasteiger partial charge is 0.396 e. The summed E-state index contributed by atoms with van der Waals surface area (Å²) in [6.07, 6.45) is 1.48. The molecule has 0 bridgehead atoms. The summed E-state index contributed by atoms with van der Waals surface area (Å²) >= 11 is 0. The minimum Gasteiger partial charge on any atom is -0.396 e. The molecule has 0 aromatic rings. The van der Waals surface area contributed by atoms with Gasteiger partial charge in [0.1, 0.15) is 0 Å². The Morgan fingerprint density at radius 1 is 1.38 bits per heavy atom. The van der Waals surface area contributed by atoms with Gasteiger partial charge in [0.05, 0.1) is 12.4 Å². The van der Waals surface area contributed by atoms with E-state index in [0.717, 1.165) is 6.42 Å². The molecule has 0 heterocycles. The third kappa shape index (κ3) is 8.04. The second-order valence-corrected chi connectivity index (χ2v) is 6.55. The van der Waals surface area contributed by atoms with Crippen LogP contribution in [-0.2, 0) is 14.8 Å². The lowest BCUT2D eigenvalue weighted by Gasteiger charge is -2.24. The van der Waals surface area contributed by atoms with E-state index in [9.17, 15) is 8.42 Å². The Morgan fingerprint density at radius 3 is 2.50 bits per heavy atom. The Bertz CT molecular complexity index is 275. The lowest BCUT2D eigenvalue weighted by molar-refractivity contribution is 0.216. The van der Waals surface area contributed by atoms with Gasteiger partial charge >= 0.3 is 0 Å². The third-order valence-electron chi connectivity index (χ3n) is 2.34. The molecule has 0 amide bonds. The van der Waals surface area contributed by atoms with Crippen molar-refractivity contribution in [3.63, 3.8) is 0 Å². The van der Waals surface area contributed by atoms with Crippen molar-refractivity contribution in [3.8, 4) is 0 Å². The summed E-state index contributed by atoms with van der Waals surface area (Å²) in [5.41, 5.74) is -0.136. The summed E-state index contributed by atoms with van der Waals surface area (Å²) in [6.45, 7) is 4.67. The molecule has 0 aliphatic rings. The zero-order chi connectivity index (χ0) is 12.7. The molecular weight excluding hydrogens is 230 g/mol.